The summed E-state index contributed by atoms with van der Waals surface area (Å²) in [6, 6.07) is 0. The fourth-order valence-corrected chi connectivity index (χ4v) is 9.93. The third-order valence-corrected chi connectivity index (χ3v) is 11.8. The Kier molecular flexibility index (Phi) is 4.62. The number of ketones is 1. The van der Waals surface area contributed by atoms with Crippen molar-refractivity contribution in [2.45, 2.75) is 103 Å². The molecule has 0 bridgehead atoms. The number of hydrogen-bond acceptors (Lipinski definition) is 4. The summed E-state index contributed by atoms with van der Waals surface area (Å²) in [4.78, 5) is 14.0. The summed E-state index contributed by atoms with van der Waals surface area (Å²) < 4.78 is 13.2. The number of rotatable bonds is 0. The van der Waals surface area contributed by atoms with Gasteiger partial charge in [0.15, 0.2) is 5.79 Å². The average Bonchev–Trinajstić information content (AvgIpc) is 3.18. The molecule has 2 aliphatic heterocycles. The van der Waals surface area contributed by atoms with Crippen molar-refractivity contribution in [2.24, 2.45) is 52.3 Å². The molecule has 6 rings (SSSR count). The van der Waals surface area contributed by atoms with Crippen LogP contribution in [0.4, 0.5) is 0 Å². The number of carbonyl (C=O) groups excluding carboxylic acids is 1. The van der Waals surface area contributed by atoms with Gasteiger partial charge in [-0.2, -0.15) is 0 Å². The maximum Gasteiger partial charge on any atom is 0.171 e. The molecule has 5 unspecified atom stereocenters. The molecule has 0 amide bonds. The van der Waals surface area contributed by atoms with Gasteiger partial charge in [-0.3, -0.25) is 4.79 Å². The second-order valence-electron chi connectivity index (χ2n) is 13.0. The average molecular weight is 431 g/mol. The Morgan fingerprint density at radius 2 is 1.81 bits per heavy atom. The first-order chi connectivity index (χ1) is 14.7. The summed E-state index contributed by atoms with van der Waals surface area (Å²) in [7, 11) is 0. The van der Waals surface area contributed by atoms with E-state index < -0.39 is 5.79 Å². The standard InChI is InChI=1S/C27H42O4/c1-15-7-10-27(30-14-15)16(2)24-22(31-27)12-21-19-6-5-17-11-18(28)8-9-25(17,3)20(19)13-23(29)26(21,24)4/h15-22,24,28H,5-14H2,1-4H3/t15-,16+,17+,18+,19?,20?,21?,22?,24?,25+,26-,27-/m1/s1. The van der Waals surface area contributed by atoms with Crippen LogP contribution in [0.15, 0.2) is 0 Å². The van der Waals surface area contributed by atoms with Crippen molar-refractivity contribution in [3.63, 3.8) is 0 Å². The highest BCUT2D eigenvalue weighted by Crippen LogP contribution is 2.70. The Hall–Kier alpha value is -0.450. The molecule has 0 aromatic heterocycles. The van der Waals surface area contributed by atoms with Gasteiger partial charge in [0.05, 0.1) is 18.8 Å². The van der Waals surface area contributed by atoms with E-state index in [2.05, 4.69) is 27.7 Å². The largest absolute Gasteiger partial charge is 0.393 e. The summed E-state index contributed by atoms with van der Waals surface area (Å²) in [5, 5.41) is 10.3. The van der Waals surface area contributed by atoms with Gasteiger partial charge in [0.2, 0.25) is 0 Å². The van der Waals surface area contributed by atoms with Crippen LogP contribution in [0.1, 0.15) is 85.5 Å². The van der Waals surface area contributed by atoms with E-state index in [1.807, 2.05) is 0 Å². The number of aliphatic hydroxyl groups excluding tert-OH is 1. The van der Waals surface area contributed by atoms with Crippen molar-refractivity contribution in [2.75, 3.05) is 6.61 Å². The lowest BCUT2D eigenvalue weighted by Crippen LogP contribution is -2.58. The third-order valence-electron chi connectivity index (χ3n) is 11.8. The van der Waals surface area contributed by atoms with Gasteiger partial charge in [0.25, 0.3) is 0 Å². The highest BCUT2D eigenvalue weighted by Gasteiger charge is 2.71. The number of Topliss-reactive ketones (excluding diaryl/α,β-unsaturated/α-hetero) is 1. The molecule has 31 heavy (non-hydrogen) atoms. The maximum atomic E-state index is 14.0. The molecule has 2 heterocycles. The normalized spacial score (nSPS) is 60.9. The molecule has 174 valence electrons. The van der Waals surface area contributed by atoms with Gasteiger partial charge in [-0.05, 0) is 80.0 Å². The molecular weight excluding hydrogens is 388 g/mol. The van der Waals surface area contributed by atoms with Gasteiger partial charge in [-0.25, -0.2) is 0 Å². The summed E-state index contributed by atoms with van der Waals surface area (Å²) >= 11 is 0. The molecular formula is C27H42O4. The number of ether oxygens (including phenoxy) is 2. The summed E-state index contributed by atoms with van der Waals surface area (Å²) in [5.41, 5.74) is -0.0221. The second kappa shape index (κ2) is 6.79. The molecule has 0 radical (unpaired) electrons. The molecule has 0 aromatic carbocycles. The lowest BCUT2D eigenvalue weighted by molar-refractivity contribution is -0.272. The zero-order valence-corrected chi connectivity index (χ0v) is 19.9. The Morgan fingerprint density at radius 3 is 2.55 bits per heavy atom. The van der Waals surface area contributed by atoms with Gasteiger partial charge < -0.3 is 14.6 Å². The number of hydrogen-bond donors (Lipinski definition) is 1. The van der Waals surface area contributed by atoms with E-state index in [1.165, 1.54) is 12.8 Å². The lowest BCUT2D eigenvalue weighted by Gasteiger charge is -2.60. The quantitative estimate of drug-likeness (QED) is 0.589. The van der Waals surface area contributed by atoms with Crippen molar-refractivity contribution >= 4 is 5.78 Å². The van der Waals surface area contributed by atoms with Crippen LogP contribution in [0.25, 0.3) is 0 Å². The van der Waals surface area contributed by atoms with Crippen LogP contribution in [-0.2, 0) is 14.3 Å². The molecule has 0 aromatic rings. The van der Waals surface area contributed by atoms with E-state index in [1.54, 1.807) is 0 Å². The highest BCUT2D eigenvalue weighted by atomic mass is 16.7. The van der Waals surface area contributed by atoms with Crippen LogP contribution in [0, 0.1) is 52.3 Å². The van der Waals surface area contributed by atoms with Gasteiger partial charge in [-0.1, -0.05) is 27.7 Å². The Labute approximate surface area is 187 Å². The van der Waals surface area contributed by atoms with Gasteiger partial charge in [0.1, 0.15) is 5.78 Å². The number of aliphatic hydroxyl groups is 1. The first-order valence-corrected chi connectivity index (χ1v) is 13.2. The maximum absolute atomic E-state index is 14.0. The van der Waals surface area contributed by atoms with Crippen LogP contribution in [0.3, 0.4) is 0 Å². The van der Waals surface area contributed by atoms with E-state index in [0.29, 0.717) is 41.3 Å². The summed E-state index contributed by atoms with van der Waals surface area (Å²) in [5.74, 6) is 3.45. The zero-order valence-electron chi connectivity index (χ0n) is 19.9. The minimum Gasteiger partial charge on any atom is -0.393 e. The van der Waals surface area contributed by atoms with E-state index in [4.69, 9.17) is 9.47 Å². The lowest BCUT2D eigenvalue weighted by atomic mass is 9.44. The van der Waals surface area contributed by atoms with Crippen molar-refractivity contribution in [1.82, 2.24) is 0 Å². The number of fused-ring (bicyclic) bond motifs is 7. The predicted octanol–water partition coefficient (Wildman–Crippen LogP) is 4.97. The van der Waals surface area contributed by atoms with Crippen LogP contribution >= 0.6 is 0 Å². The molecule has 2 saturated heterocycles. The van der Waals surface area contributed by atoms with Crippen LogP contribution in [0.5, 0.6) is 0 Å². The van der Waals surface area contributed by atoms with Crippen LogP contribution in [-0.4, -0.2) is 35.5 Å². The van der Waals surface area contributed by atoms with E-state index in [9.17, 15) is 9.90 Å². The second-order valence-corrected chi connectivity index (χ2v) is 13.0. The third kappa shape index (κ3) is 2.68. The smallest absolute Gasteiger partial charge is 0.171 e. The zero-order chi connectivity index (χ0) is 21.8. The van der Waals surface area contributed by atoms with E-state index in [0.717, 1.165) is 51.6 Å². The first kappa shape index (κ1) is 21.1. The molecule has 6 fully saturated rings. The SMILES string of the molecule is C[C@@H]1CC[C@@]2(OC1)OC1CC3C4CC[C@H]5C[C@@H](O)CC[C@]5(C)C4CC(=O)[C@]3(C)C1[C@@H]2C. The van der Waals surface area contributed by atoms with Gasteiger partial charge in [0, 0.05) is 30.1 Å². The molecule has 1 spiro atoms. The van der Waals surface area contributed by atoms with Gasteiger partial charge >= 0.3 is 0 Å². The van der Waals surface area contributed by atoms with E-state index in [-0.39, 0.29) is 29.0 Å². The van der Waals surface area contributed by atoms with Crippen molar-refractivity contribution < 1.29 is 19.4 Å². The first-order valence-electron chi connectivity index (χ1n) is 13.2. The summed E-state index contributed by atoms with van der Waals surface area (Å²) in [6.45, 7) is 10.1. The minimum atomic E-state index is -0.448. The Balaban J connectivity index is 1.30. The predicted molar refractivity (Wildman–Crippen MR) is 118 cm³/mol. The molecule has 12 atom stereocenters. The Morgan fingerprint density at radius 1 is 1.00 bits per heavy atom. The van der Waals surface area contributed by atoms with Crippen LogP contribution in [0.2, 0.25) is 0 Å². The molecule has 4 aliphatic carbocycles. The fraction of sp³-hybridized carbons (Fsp3) is 0.963. The molecule has 1 N–H and O–H groups in total. The van der Waals surface area contributed by atoms with Crippen molar-refractivity contribution in [1.29, 1.82) is 0 Å². The van der Waals surface area contributed by atoms with Crippen molar-refractivity contribution in [3.8, 4) is 0 Å². The topological polar surface area (TPSA) is 55.8 Å². The molecule has 4 heteroatoms. The number of carbonyl (C=O) groups is 1. The fourth-order valence-electron chi connectivity index (χ4n) is 9.93. The monoisotopic (exact) mass is 430 g/mol. The van der Waals surface area contributed by atoms with Gasteiger partial charge in [-0.15, -0.1) is 0 Å². The minimum absolute atomic E-state index is 0.131. The Bertz CT molecular complexity index is 756. The molecule has 6 aliphatic rings. The molecule has 4 nitrogen and oxygen atoms in total. The van der Waals surface area contributed by atoms with Crippen molar-refractivity contribution in [3.05, 3.63) is 0 Å². The van der Waals surface area contributed by atoms with Crippen LogP contribution < -0.4 is 0 Å². The van der Waals surface area contributed by atoms with E-state index >= 15 is 0 Å². The summed E-state index contributed by atoms with van der Waals surface area (Å²) in [6.07, 6.45) is 9.39. The molecule has 4 saturated carbocycles. The highest BCUT2D eigenvalue weighted by molar-refractivity contribution is 5.87.